The van der Waals surface area contributed by atoms with Gasteiger partial charge in [0.05, 0.1) is 11.0 Å². The summed E-state index contributed by atoms with van der Waals surface area (Å²) >= 11 is 0. The Hall–Kier alpha value is -6.46. The summed E-state index contributed by atoms with van der Waals surface area (Å²) in [6.45, 7) is 4.46. The van der Waals surface area contributed by atoms with Crippen LogP contribution in [0.5, 0.6) is 0 Å². The van der Waals surface area contributed by atoms with E-state index in [1.165, 1.54) is 27.4 Å². The van der Waals surface area contributed by atoms with Gasteiger partial charge in [0, 0.05) is 50.7 Å². The Morgan fingerprint density at radius 3 is 1.71 bits per heavy atom. The summed E-state index contributed by atoms with van der Waals surface area (Å²) in [7, 11) is 0. The molecule has 9 rings (SSSR count). The molecule has 0 N–H and O–H groups in total. The van der Waals surface area contributed by atoms with Crippen molar-refractivity contribution in [2.75, 3.05) is 4.90 Å². The van der Waals surface area contributed by atoms with Gasteiger partial charge in [0.2, 0.25) is 0 Å². The fourth-order valence-electron chi connectivity index (χ4n) is 7.50. The minimum absolute atomic E-state index is 0.134. The van der Waals surface area contributed by atoms with Gasteiger partial charge in [0.25, 0.3) is 0 Å². The zero-order valence-electron chi connectivity index (χ0n) is 28.6. The van der Waals surface area contributed by atoms with Crippen LogP contribution in [-0.2, 0) is 0 Å². The van der Waals surface area contributed by atoms with Crippen LogP contribution in [0.4, 0.5) is 17.1 Å². The first kappa shape index (κ1) is 30.6. The van der Waals surface area contributed by atoms with E-state index in [4.69, 9.17) is 10.2 Å². The summed E-state index contributed by atoms with van der Waals surface area (Å²) in [5.74, 6) is 2.25. The highest BCUT2D eigenvalue weighted by atomic mass is 15.3. The smallest absolute Gasteiger partial charge is 0.168 e. The van der Waals surface area contributed by atoms with Crippen LogP contribution in [-0.4, -0.2) is 19.3 Å². The van der Waals surface area contributed by atoms with Crippen LogP contribution in [0.3, 0.4) is 0 Å². The number of allylic oxidation sites excluding steroid dienone is 4. The number of para-hydroxylation sites is 4. The predicted molar refractivity (Wildman–Crippen MR) is 211 cm³/mol. The Morgan fingerprint density at radius 1 is 0.529 bits per heavy atom. The maximum Gasteiger partial charge on any atom is 0.168 e. The highest BCUT2D eigenvalue weighted by Gasteiger charge is 2.28. The lowest BCUT2D eigenvalue weighted by Gasteiger charge is -2.26. The molecule has 1 aliphatic carbocycles. The van der Waals surface area contributed by atoms with E-state index in [-0.39, 0.29) is 5.92 Å². The first-order chi connectivity index (χ1) is 25.2. The second-order valence-electron chi connectivity index (χ2n) is 13.3. The Bertz CT molecular complexity index is 2490. The number of aromatic nitrogens is 4. The molecule has 0 radical (unpaired) electrons. The lowest BCUT2D eigenvalue weighted by molar-refractivity contribution is 0.562. The van der Waals surface area contributed by atoms with Gasteiger partial charge in [-0.1, -0.05) is 104 Å². The van der Waals surface area contributed by atoms with Gasteiger partial charge in [-0.15, -0.1) is 10.2 Å². The van der Waals surface area contributed by atoms with E-state index in [0.717, 1.165) is 45.6 Å². The van der Waals surface area contributed by atoms with Crippen molar-refractivity contribution in [1.29, 1.82) is 0 Å². The maximum absolute atomic E-state index is 4.82. The maximum atomic E-state index is 4.82. The van der Waals surface area contributed by atoms with Crippen LogP contribution in [0, 0.1) is 5.92 Å². The van der Waals surface area contributed by atoms with Crippen LogP contribution < -0.4 is 4.90 Å². The highest BCUT2D eigenvalue weighted by Crippen LogP contribution is 2.39. The largest absolute Gasteiger partial charge is 0.311 e. The van der Waals surface area contributed by atoms with Gasteiger partial charge in [0.15, 0.2) is 5.82 Å². The van der Waals surface area contributed by atoms with Gasteiger partial charge in [-0.2, -0.15) is 0 Å². The SMILES string of the molecule is CC1=CC=CC(c2nnc(-c3ccc(N(c4ccccc4)c4ccc(-n5c6ccccc6c6ccccc65)cc4)cc3)n2-c2ccccc2)C1C. The van der Waals surface area contributed by atoms with Crippen molar-refractivity contribution in [3.8, 4) is 22.8 Å². The topological polar surface area (TPSA) is 38.9 Å². The molecule has 246 valence electrons. The number of fused-ring (bicyclic) bond motifs is 3. The normalized spacial score (nSPS) is 15.7. The number of hydrogen-bond acceptors (Lipinski definition) is 3. The summed E-state index contributed by atoms with van der Waals surface area (Å²) in [4.78, 5) is 2.30. The third-order valence-electron chi connectivity index (χ3n) is 10.3. The fourth-order valence-corrected chi connectivity index (χ4v) is 7.50. The van der Waals surface area contributed by atoms with E-state index >= 15 is 0 Å². The lowest BCUT2D eigenvalue weighted by atomic mass is 9.83. The summed E-state index contributed by atoms with van der Waals surface area (Å²) in [6.07, 6.45) is 6.59. The summed E-state index contributed by atoms with van der Waals surface area (Å²) in [5.41, 5.74) is 10.2. The average molecular weight is 660 g/mol. The second kappa shape index (κ2) is 12.8. The van der Waals surface area contributed by atoms with Crippen molar-refractivity contribution >= 4 is 38.9 Å². The van der Waals surface area contributed by atoms with Gasteiger partial charge in [0.1, 0.15) is 5.82 Å². The Morgan fingerprint density at radius 2 is 1.06 bits per heavy atom. The molecule has 0 aliphatic heterocycles. The molecule has 2 heterocycles. The quantitative estimate of drug-likeness (QED) is 0.171. The molecule has 8 aromatic rings. The van der Waals surface area contributed by atoms with Gasteiger partial charge in [-0.05, 0) is 97.8 Å². The molecule has 6 aromatic carbocycles. The van der Waals surface area contributed by atoms with Crippen molar-refractivity contribution in [3.05, 3.63) is 187 Å². The third-order valence-corrected chi connectivity index (χ3v) is 10.3. The zero-order chi connectivity index (χ0) is 34.3. The minimum Gasteiger partial charge on any atom is -0.311 e. The number of hydrogen-bond donors (Lipinski definition) is 0. The molecule has 2 atom stereocenters. The van der Waals surface area contributed by atoms with E-state index < -0.39 is 0 Å². The molecule has 2 aromatic heterocycles. The van der Waals surface area contributed by atoms with Crippen molar-refractivity contribution < 1.29 is 0 Å². The first-order valence-electron chi connectivity index (χ1n) is 17.6. The van der Waals surface area contributed by atoms with Gasteiger partial charge in [-0.3, -0.25) is 4.57 Å². The van der Waals surface area contributed by atoms with Crippen molar-refractivity contribution in [2.45, 2.75) is 19.8 Å². The molecule has 2 unspecified atom stereocenters. The van der Waals surface area contributed by atoms with Gasteiger partial charge >= 0.3 is 0 Å². The summed E-state index contributed by atoms with van der Waals surface area (Å²) in [6, 6.07) is 55.8. The number of anilines is 3. The molecule has 0 saturated carbocycles. The van der Waals surface area contributed by atoms with Crippen LogP contribution >= 0.6 is 0 Å². The Kier molecular flexibility index (Phi) is 7.66. The molecular formula is C46H37N5. The van der Waals surface area contributed by atoms with Crippen LogP contribution in [0.25, 0.3) is 44.6 Å². The number of rotatable bonds is 7. The summed E-state index contributed by atoms with van der Waals surface area (Å²) in [5, 5.41) is 12.1. The van der Waals surface area contributed by atoms with E-state index in [2.05, 4.69) is 198 Å². The van der Waals surface area contributed by atoms with Gasteiger partial charge < -0.3 is 9.47 Å². The zero-order valence-corrected chi connectivity index (χ0v) is 28.6. The van der Waals surface area contributed by atoms with Crippen molar-refractivity contribution in [3.63, 3.8) is 0 Å². The van der Waals surface area contributed by atoms with Crippen molar-refractivity contribution in [2.24, 2.45) is 5.92 Å². The monoisotopic (exact) mass is 659 g/mol. The number of nitrogens with zero attached hydrogens (tertiary/aromatic N) is 5. The predicted octanol–water partition coefficient (Wildman–Crippen LogP) is 11.7. The standard InChI is InChI=1S/C46H37N5/c1-32-14-13-21-40(33(32)2)46-48-47-45(51(46)36-17-7-4-8-18-36)34-24-26-37(27-25-34)49(35-15-5-3-6-16-35)38-28-30-39(31-29-38)50-43-22-11-9-19-41(43)42-20-10-12-23-44(42)50/h3-31,33,40H,1-2H3. The molecule has 5 heteroatoms. The Labute approximate surface area is 298 Å². The second-order valence-corrected chi connectivity index (χ2v) is 13.3. The first-order valence-corrected chi connectivity index (χ1v) is 17.6. The molecule has 0 amide bonds. The van der Waals surface area contributed by atoms with E-state index in [9.17, 15) is 0 Å². The molecule has 0 saturated heterocycles. The molecule has 0 bridgehead atoms. The minimum atomic E-state index is 0.134. The molecular weight excluding hydrogens is 623 g/mol. The molecule has 0 spiro atoms. The number of benzene rings is 6. The molecule has 1 aliphatic rings. The highest BCUT2D eigenvalue weighted by molar-refractivity contribution is 6.09. The molecule has 5 nitrogen and oxygen atoms in total. The van der Waals surface area contributed by atoms with E-state index in [1.54, 1.807) is 0 Å². The van der Waals surface area contributed by atoms with Crippen LogP contribution in [0.2, 0.25) is 0 Å². The van der Waals surface area contributed by atoms with E-state index in [1.807, 2.05) is 6.07 Å². The van der Waals surface area contributed by atoms with Crippen LogP contribution in [0.15, 0.2) is 182 Å². The average Bonchev–Trinajstić information content (AvgIpc) is 3.78. The van der Waals surface area contributed by atoms with Crippen LogP contribution in [0.1, 0.15) is 25.6 Å². The van der Waals surface area contributed by atoms with Gasteiger partial charge in [-0.25, -0.2) is 0 Å². The Balaban J connectivity index is 1.11. The van der Waals surface area contributed by atoms with Crippen molar-refractivity contribution in [1.82, 2.24) is 19.3 Å². The van der Waals surface area contributed by atoms with E-state index in [0.29, 0.717) is 5.92 Å². The molecule has 0 fully saturated rings. The third kappa shape index (κ3) is 5.35. The fraction of sp³-hybridized carbons (Fsp3) is 0.0870. The lowest BCUT2D eigenvalue weighted by Crippen LogP contribution is -2.16. The summed E-state index contributed by atoms with van der Waals surface area (Å²) < 4.78 is 4.58. The molecule has 51 heavy (non-hydrogen) atoms.